The molecule has 2 saturated carbocycles. The molecule has 2 rings (SSSR count). The van der Waals surface area contributed by atoms with Crippen molar-refractivity contribution in [2.45, 2.75) is 31.3 Å². The Morgan fingerprint density at radius 3 is 2.90 bits per heavy atom. The van der Waals surface area contributed by atoms with Crippen molar-refractivity contribution < 1.29 is 5.11 Å². The maximum Gasteiger partial charge on any atom is 0.128 e. The zero-order valence-electron chi connectivity index (χ0n) is 6.01. The molecule has 0 aliphatic heterocycles. The van der Waals surface area contributed by atoms with E-state index in [0.717, 1.165) is 18.8 Å². The van der Waals surface area contributed by atoms with E-state index in [1.54, 1.807) is 0 Å². The summed E-state index contributed by atoms with van der Waals surface area (Å²) in [6.07, 6.45) is 9.77. The van der Waals surface area contributed by atoms with Crippen molar-refractivity contribution in [3.63, 3.8) is 0 Å². The quantitative estimate of drug-likeness (QED) is 0.496. The van der Waals surface area contributed by atoms with Crippen LogP contribution in [0.3, 0.4) is 0 Å². The van der Waals surface area contributed by atoms with Crippen molar-refractivity contribution in [3.05, 3.63) is 0 Å². The maximum atomic E-state index is 9.65. The molecule has 0 amide bonds. The molecular formula is C9H12O. The van der Waals surface area contributed by atoms with E-state index in [1.165, 1.54) is 12.8 Å². The van der Waals surface area contributed by atoms with Crippen molar-refractivity contribution >= 4 is 0 Å². The van der Waals surface area contributed by atoms with Gasteiger partial charge in [0.05, 0.1) is 0 Å². The topological polar surface area (TPSA) is 20.2 Å². The summed E-state index contributed by atoms with van der Waals surface area (Å²) in [5.74, 6) is 3.70. The molecule has 0 saturated heterocycles. The molecule has 2 aliphatic carbocycles. The van der Waals surface area contributed by atoms with Crippen LogP contribution < -0.4 is 0 Å². The van der Waals surface area contributed by atoms with Crippen LogP contribution in [0.25, 0.3) is 0 Å². The van der Waals surface area contributed by atoms with Crippen LogP contribution in [0.4, 0.5) is 0 Å². The Morgan fingerprint density at radius 2 is 2.30 bits per heavy atom. The van der Waals surface area contributed by atoms with Gasteiger partial charge in [0.2, 0.25) is 0 Å². The molecule has 1 heteroatoms. The molecule has 3 atom stereocenters. The van der Waals surface area contributed by atoms with Crippen LogP contribution >= 0.6 is 0 Å². The van der Waals surface area contributed by atoms with E-state index in [9.17, 15) is 5.11 Å². The summed E-state index contributed by atoms with van der Waals surface area (Å²) in [4.78, 5) is 0. The number of terminal acetylenes is 1. The second-order valence-corrected chi connectivity index (χ2v) is 3.57. The first-order chi connectivity index (χ1) is 4.76. The van der Waals surface area contributed by atoms with Crippen molar-refractivity contribution in [1.82, 2.24) is 0 Å². The molecule has 0 spiro atoms. The lowest BCUT2D eigenvalue weighted by Crippen LogP contribution is -2.50. The molecule has 0 aromatic rings. The van der Waals surface area contributed by atoms with Crippen molar-refractivity contribution in [3.8, 4) is 12.3 Å². The SMILES string of the molecule is C#CC1(O)CC2CCCC21. The molecule has 0 aromatic heterocycles. The Bertz CT molecular complexity index is 191. The zero-order valence-corrected chi connectivity index (χ0v) is 6.01. The molecule has 0 heterocycles. The molecule has 2 aliphatic rings. The van der Waals surface area contributed by atoms with Gasteiger partial charge in [0.25, 0.3) is 0 Å². The Morgan fingerprint density at radius 1 is 1.50 bits per heavy atom. The largest absolute Gasteiger partial charge is 0.377 e. The van der Waals surface area contributed by atoms with Crippen LogP contribution in [0.15, 0.2) is 0 Å². The molecule has 1 N–H and O–H groups in total. The summed E-state index contributed by atoms with van der Waals surface area (Å²) in [6.45, 7) is 0. The van der Waals surface area contributed by atoms with E-state index in [1.807, 2.05) is 0 Å². The molecule has 1 nitrogen and oxygen atoms in total. The number of hydrogen-bond donors (Lipinski definition) is 1. The Labute approximate surface area is 61.4 Å². The summed E-state index contributed by atoms with van der Waals surface area (Å²) >= 11 is 0. The van der Waals surface area contributed by atoms with Gasteiger partial charge < -0.3 is 5.11 Å². The third-order valence-electron chi connectivity index (χ3n) is 3.10. The predicted octanol–water partition coefficient (Wildman–Crippen LogP) is 1.17. The van der Waals surface area contributed by atoms with Crippen molar-refractivity contribution in [2.75, 3.05) is 0 Å². The number of fused-ring (bicyclic) bond motifs is 1. The van der Waals surface area contributed by atoms with Gasteiger partial charge in [-0.15, -0.1) is 6.42 Å². The average molecular weight is 136 g/mol. The fourth-order valence-corrected chi connectivity index (χ4v) is 2.47. The van der Waals surface area contributed by atoms with E-state index in [-0.39, 0.29) is 0 Å². The predicted molar refractivity (Wildman–Crippen MR) is 39.2 cm³/mol. The molecule has 10 heavy (non-hydrogen) atoms. The number of aliphatic hydroxyl groups is 1. The Balaban J connectivity index is 2.14. The lowest BCUT2D eigenvalue weighted by molar-refractivity contribution is -0.0764. The third-order valence-corrected chi connectivity index (χ3v) is 3.10. The molecule has 0 aromatic carbocycles. The zero-order chi connectivity index (χ0) is 7.19. The van der Waals surface area contributed by atoms with Gasteiger partial charge in [0, 0.05) is 5.92 Å². The van der Waals surface area contributed by atoms with Crippen molar-refractivity contribution in [1.29, 1.82) is 0 Å². The number of hydrogen-bond acceptors (Lipinski definition) is 1. The Hall–Kier alpha value is -0.480. The van der Waals surface area contributed by atoms with Gasteiger partial charge in [-0.05, 0) is 25.2 Å². The summed E-state index contributed by atoms with van der Waals surface area (Å²) in [6, 6.07) is 0. The van der Waals surface area contributed by atoms with Gasteiger partial charge in [0.1, 0.15) is 5.60 Å². The van der Waals surface area contributed by atoms with Crippen LogP contribution in [0, 0.1) is 24.2 Å². The van der Waals surface area contributed by atoms with Crippen LogP contribution in [0.5, 0.6) is 0 Å². The Kier molecular flexibility index (Phi) is 1.10. The highest BCUT2D eigenvalue weighted by molar-refractivity contribution is 5.20. The highest BCUT2D eigenvalue weighted by Crippen LogP contribution is 2.53. The van der Waals surface area contributed by atoms with Crippen LogP contribution in [-0.4, -0.2) is 10.7 Å². The average Bonchev–Trinajstić information content (AvgIpc) is 2.30. The highest BCUT2D eigenvalue weighted by atomic mass is 16.3. The van der Waals surface area contributed by atoms with E-state index in [4.69, 9.17) is 6.42 Å². The smallest absolute Gasteiger partial charge is 0.128 e. The number of rotatable bonds is 0. The van der Waals surface area contributed by atoms with Gasteiger partial charge in [0.15, 0.2) is 0 Å². The first-order valence-corrected chi connectivity index (χ1v) is 3.96. The summed E-state index contributed by atoms with van der Waals surface area (Å²) in [5, 5.41) is 9.65. The summed E-state index contributed by atoms with van der Waals surface area (Å²) in [5.41, 5.74) is -0.707. The standard InChI is InChI=1S/C9H12O/c1-2-9(10)6-7-4-3-5-8(7)9/h1,7-8,10H,3-6H2. The minimum Gasteiger partial charge on any atom is -0.377 e. The monoisotopic (exact) mass is 136 g/mol. The third kappa shape index (κ3) is 0.578. The fourth-order valence-electron chi connectivity index (χ4n) is 2.47. The summed E-state index contributed by atoms with van der Waals surface area (Å²) in [7, 11) is 0. The summed E-state index contributed by atoms with van der Waals surface area (Å²) < 4.78 is 0. The highest BCUT2D eigenvalue weighted by Gasteiger charge is 2.53. The van der Waals surface area contributed by atoms with Gasteiger partial charge in [-0.3, -0.25) is 0 Å². The van der Waals surface area contributed by atoms with E-state index >= 15 is 0 Å². The van der Waals surface area contributed by atoms with E-state index < -0.39 is 5.60 Å². The van der Waals surface area contributed by atoms with E-state index in [2.05, 4.69) is 5.92 Å². The molecule has 54 valence electrons. The van der Waals surface area contributed by atoms with E-state index in [0.29, 0.717) is 5.92 Å². The molecule has 0 radical (unpaired) electrons. The minimum absolute atomic E-state index is 0.442. The molecular weight excluding hydrogens is 124 g/mol. The first kappa shape index (κ1) is 6.24. The molecule has 2 fully saturated rings. The molecule has 0 bridgehead atoms. The van der Waals surface area contributed by atoms with Crippen LogP contribution in [-0.2, 0) is 0 Å². The second-order valence-electron chi connectivity index (χ2n) is 3.57. The van der Waals surface area contributed by atoms with Gasteiger partial charge in [-0.25, -0.2) is 0 Å². The van der Waals surface area contributed by atoms with Crippen LogP contribution in [0.2, 0.25) is 0 Å². The first-order valence-electron chi connectivity index (χ1n) is 3.96. The molecule has 3 unspecified atom stereocenters. The van der Waals surface area contributed by atoms with Gasteiger partial charge in [-0.1, -0.05) is 12.3 Å². The lowest BCUT2D eigenvalue weighted by Gasteiger charge is -2.45. The fraction of sp³-hybridized carbons (Fsp3) is 0.778. The van der Waals surface area contributed by atoms with Crippen molar-refractivity contribution in [2.24, 2.45) is 11.8 Å². The van der Waals surface area contributed by atoms with Gasteiger partial charge in [-0.2, -0.15) is 0 Å². The van der Waals surface area contributed by atoms with Gasteiger partial charge >= 0.3 is 0 Å². The second kappa shape index (κ2) is 1.77. The lowest BCUT2D eigenvalue weighted by atomic mass is 9.63. The maximum absolute atomic E-state index is 9.65. The normalized spacial score (nSPS) is 51.2. The minimum atomic E-state index is -0.707. The van der Waals surface area contributed by atoms with Crippen LogP contribution in [0.1, 0.15) is 25.7 Å².